The van der Waals surface area contributed by atoms with Crippen LogP contribution >= 0.6 is 0 Å². The van der Waals surface area contributed by atoms with Crippen LogP contribution < -0.4 is 4.74 Å². The number of aliphatic hydroxyl groups excluding tert-OH is 1. The van der Waals surface area contributed by atoms with Crippen LogP contribution in [0.25, 0.3) is 5.65 Å². The lowest BCUT2D eigenvalue weighted by Gasteiger charge is -2.27. The van der Waals surface area contributed by atoms with Crippen LogP contribution in [0.1, 0.15) is 27.8 Å². The summed E-state index contributed by atoms with van der Waals surface area (Å²) in [5.74, 6) is 0.505. The molecule has 1 unspecified atom stereocenters. The Morgan fingerprint density at radius 2 is 2.12 bits per heavy atom. The van der Waals surface area contributed by atoms with Gasteiger partial charge in [-0.05, 0) is 25.1 Å². The van der Waals surface area contributed by atoms with Gasteiger partial charge in [0.1, 0.15) is 23.7 Å². The molecule has 0 aliphatic carbocycles. The molecule has 0 spiro atoms. The Bertz CT molecular complexity index is 935. The summed E-state index contributed by atoms with van der Waals surface area (Å²) in [7, 11) is 0. The molecule has 3 aromatic rings. The van der Waals surface area contributed by atoms with E-state index in [9.17, 15) is 9.90 Å². The lowest BCUT2D eigenvalue weighted by atomic mass is 10.0. The monoisotopic (exact) mass is 337 g/mol. The SMILES string of the molecule is Cc1cccc2nc(C(=O)N3CCOc4ccccc4C3CO)cn12. The molecule has 1 aliphatic heterocycles. The number of hydrogen-bond donors (Lipinski definition) is 1. The Kier molecular flexibility index (Phi) is 3.89. The molecule has 0 fully saturated rings. The molecule has 1 aromatic carbocycles. The van der Waals surface area contributed by atoms with Crippen molar-refractivity contribution in [1.82, 2.24) is 14.3 Å². The summed E-state index contributed by atoms with van der Waals surface area (Å²) in [5, 5.41) is 9.94. The Labute approximate surface area is 145 Å². The first-order chi connectivity index (χ1) is 12.2. The minimum atomic E-state index is -0.447. The van der Waals surface area contributed by atoms with Crippen molar-refractivity contribution in [2.75, 3.05) is 19.8 Å². The van der Waals surface area contributed by atoms with Gasteiger partial charge in [0, 0.05) is 17.5 Å². The molecule has 1 aliphatic rings. The largest absolute Gasteiger partial charge is 0.491 e. The van der Waals surface area contributed by atoms with E-state index in [4.69, 9.17) is 4.74 Å². The summed E-state index contributed by atoms with van der Waals surface area (Å²) in [6, 6.07) is 12.8. The number of imidazole rings is 1. The number of benzene rings is 1. The molecule has 1 atom stereocenters. The van der Waals surface area contributed by atoms with Crippen LogP contribution in [0.4, 0.5) is 0 Å². The smallest absolute Gasteiger partial charge is 0.274 e. The van der Waals surface area contributed by atoms with Crippen molar-refractivity contribution in [3.63, 3.8) is 0 Å². The van der Waals surface area contributed by atoms with Gasteiger partial charge in [-0.2, -0.15) is 0 Å². The summed E-state index contributed by atoms with van der Waals surface area (Å²) in [6.07, 6.45) is 1.75. The number of hydrogen-bond acceptors (Lipinski definition) is 4. The first-order valence-electron chi connectivity index (χ1n) is 8.27. The van der Waals surface area contributed by atoms with E-state index >= 15 is 0 Å². The average Bonchev–Trinajstić information content (AvgIpc) is 2.98. The number of carbonyl (C=O) groups is 1. The van der Waals surface area contributed by atoms with Crippen LogP contribution in [0.2, 0.25) is 0 Å². The third-order valence-corrected chi connectivity index (χ3v) is 4.59. The van der Waals surface area contributed by atoms with Crippen molar-refractivity contribution in [2.45, 2.75) is 13.0 Å². The highest BCUT2D eigenvalue weighted by Gasteiger charge is 2.31. The number of aromatic nitrogens is 2. The number of fused-ring (bicyclic) bond motifs is 2. The van der Waals surface area contributed by atoms with Gasteiger partial charge in [0.25, 0.3) is 5.91 Å². The van der Waals surface area contributed by atoms with Crippen LogP contribution in [0.5, 0.6) is 5.75 Å². The van der Waals surface area contributed by atoms with E-state index in [1.807, 2.05) is 53.8 Å². The maximum atomic E-state index is 13.1. The maximum absolute atomic E-state index is 13.1. The maximum Gasteiger partial charge on any atom is 0.274 e. The number of carbonyl (C=O) groups excluding carboxylic acids is 1. The zero-order valence-corrected chi connectivity index (χ0v) is 13.9. The van der Waals surface area contributed by atoms with E-state index in [-0.39, 0.29) is 12.5 Å². The van der Waals surface area contributed by atoms with Gasteiger partial charge >= 0.3 is 0 Å². The number of aryl methyl sites for hydroxylation is 1. The number of para-hydroxylation sites is 1. The summed E-state index contributed by atoms with van der Waals surface area (Å²) >= 11 is 0. The summed E-state index contributed by atoms with van der Waals surface area (Å²) in [6.45, 7) is 2.57. The van der Waals surface area contributed by atoms with Gasteiger partial charge in [-0.25, -0.2) is 4.98 Å². The standard InChI is InChI=1S/C19H19N3O3/c1-13-5-4-8-18-20-15(11-22(13)18)19(24)21-9-10-25-17-7-3-2-6-14(17)16(21)12-23/h2-8,11,16,23H,9-10,12H2,1H3. The fourth-order valence-corrected chi connectivity index (χ4v) is 3.30. The van der Waals surface area contributed by atoms with Crippen molar-refractivity contribution in [2.24, 2.45) is 0 Å². The molecule has 2 aromatic heterocycles. The van der Waals surface area contributed by atoms with Crippen LogP contribution in [0.3, 0.4) is 0 Å². The third-order valence-electron chi connectivity index (χ3n) is 4.59. The first kappa shape index (κ1) is 15.7. The topological polar surface area (TPSA) is 67.1 Å². The highest BCUT2D eigenvalue weighted by Crippen LogP contribution is 2.32. The number of ether oxygens (including phenoxy) is 1. The van der Waals surface area contributed by atoms with E-state index in [0.717, 1.165) is 16.9 Å². The number of aliphatic hydroxyl groups is 1. The van der Waals surface area contributed by atoms with E-state index in [1.54, 1.807) is 11.1 Å². The lowest BCUT2D eigenvalue weighted by molar-refractivity contribution is 0.0580. The summed E-state index contributed by atoms with van der Waals surface area (Å²) in [4.78, 5) is 19.2. The van der Waals surface area contributed by atoms with Gasteiger partial charge in [0.2, 0.25) is 0 Å². The first-order valence-corrected chi connectivity index (χ1v) is 8.27. The molecule has 128 valence electrons. The molecule has 1 N–H and O–H groups in total. The summed E-state index contributed by atoms with van der Waals surface area (Å²) < 4.78 is 7.64. The molecule has 0 radical (unpaired) electrons. The van der Waals surface area contributed by atoms with Crippen molar-refractivity contribution in [3.8, 4) is 5.75 Å². The molecular weight excluding hydrogens is 318 g/mol. The van der Waals surface area contributed by atoms with Crippen molar-refractivity contribution in [3.05, 3.63) is 65.6 Å². The van der Waals surface area contributed by atoms with E-state index in [2.05, 4.69) is 4.98 Å². The van der Waals surface area contributed by atoms with Gasteiger partial charge in [0.15, 0.2) is 0 Å². The van der Waals surface area contributed by atoms with E-state index < -0.39 is 6.04 Å². The molecule has 3 heterocycles. The Balaban J connectivity index is 1.74. The molecule has 0 saturated heterocycles. The number of pyridine rings is 1. The van der Waals surface area contributed by atoms with Crippen LogP contribution in [0.15, 0.2) is 48.7 Å². The van der Waals surface area contributed by atoms with Crippen molar-refractivity contribution in [1.29, 1.82) is 0 Å². The van der Waals surface area contributed by atoms with Crippen LogP contribution in [0, 0.1) is 6.92 Å². The lowest BCUT2D eigenvalue weighted by Crippen LogP contribution is -2.38. The molecule has 4 rings (SSSR count). The Morgan fingerprint density at radius 1 is 1.28 bits per heavy atom. The second-order valence-electron chi connectivity index (χ2n) is 6.10. The van der Waals surface area contributed by atoms with Gasteiger partial charge in [-0.1, -0.05) is 24.3 Å². The second kappa shape index (κ2) is 6.22. The minimum Gasteiger partial charge on any atom is -0.491 e. The number of rotatable bonds is 2. The zero-order chi connectivity index (χ0) is 17.4. The predicted octanol–water partition coefficient (Wildman–Crippen LogP) is 2.21. The Hall–Kier alpha value is -2.86. The quantitative estimate of drug-likeness (QED) is 0.778. The fraction of sp³-hybridized carbons (Fsp3) is 0.263. The molecule has 6 heteroatoms. The van der Waals surface area contributed by atoms with Crippen molar-refractivity contribution < 1.29 is 14.6 Å². The van der Waals surface area contributed by atoms with E-state index in [1.165, 1.54) is 0 Å². The fourth-order valence-electron chi connectivity index (χ4n) is 3.30. The molecule has 6 nitrogen and oxygen atoms in total. The number of nitrogens with zero attached hydrogens (tertiary/aromatic N) is 3. The summed E-state index contributed by atoms with van der Waals surface area (Å²) in [5.41, 5.74) is 2.92. The van der Waals surface area contributed by atoms with Gasteiger partial charge < -0.3 is 19.1 Å². The molecule has 25 heavy (non-hydrogen) atoms. The highest BCUT2D eigenvalue weighted by molar-refractivity contribution is 5.93. The molecule has 0 saturated carbocycles. The molecular formula is C19H19N3O3. The van der Waals surface area contributed by atoms with Gasteiger partial charge in [-0.15, -0.1) is 0 Å². The number of amides is 1. The normalized spacial score (nSPS) is 17.0. The third kappa shape index (κ3) is 2.64. The zero-order valence-electron chi connectivity index (χ0n) is 13.9. The van der Waals surface area contributed by atoms with Crippen molar-refractivity contribution >= 4 is 11.6 Å². The van der Waals surface area contributed by atoms with Crippen LogP contribution in [-0.4, -0.2) is 45.1 Å². The van der Waals surface area contributed by atoms with E-state index in [0.29, 0.717) is 24.6 Å². The Morgan fingerprint density at radius 3 is 2.92 bits per heavy atom. The molecule has 0 bridgehead atoms. The average molecular weight is 337 g/mol. The van der Waals surface area contributed by atoms with Crippen LogP contribution in [-0.2, 0) is 0 Å². The highest BCUT2D eigenvalue weighted by atomic mass is 16.5. The molecule has 1 amide bonds. The predicted molar refractivity (Wildman–Crippen MR) is 92.7 cm³/mol. The van der Waals surface area contributed by atoms with Gasteiger partial charge in [0.05, 0.1) is 19.2 Å². The minimum absolute atomic E-state index is 0.168. The van der Waals surface area contributed by atoms with Gasteiger partial charge in [-0.3, -0.25) is 4.79 Å². The second-order valence-corrected chi connectivity index (χ2v) is 6.10.